The predicted molar refractivity (Wildman–Crippen MR) is 112 cm³/mol. The van der Waals surface area contributed by atoms with Crippen molar-refractivity contribution in [1.29, 1.82) is 0 Å². The van der Waals surface area contributed by atoms with E-state index in [2.05, 4.69) is 5.32 Å². The van der Waals surface area contributed by atoms with Gasteiger partial charge < -0.3 is 16.2 Å². The Morgan fingerprint density at radius 1 is 1.09 bits per heavy atom. The van der Waals surface area contributed by atoms with E-state index >= 15 is 0 Å². The van der Waals surface area contributed by atoms with Gasteiger partial charge in [-0.2, -0.15) is 9.59 Å². The Bertz CT molecular complexity index is 884. The molecule has 0 aliphatic rings. The summed E-state index contributed by atoms with van der Waals surface area (Å²) >= 11 is 0. The maximum Gasteiger partial charge on any atom is 0.373 e. The summed E-state index contributed by atoms with van der Waals surface area (Å²) in [6, 6.07) is 5.62. The number of Topliss-reactive ketones (excluding diaryl/α,β-unsaturated/α-hetero) is 2. The van der Waals surface area contributed by atoms with Crippen molar-refractivity contribution in [3.8, 4) is 0 Å². The van der Waals surface area contributed by atoms with E-state index in [9.17, 15) is 24.0 Å². The number of carbonyl (C=O) groups is 5. The molecule has 32 heavy (non-hydrogen) atoms. The normalized spacial score (nSPS) is 11.9. The molecule has 1 aromatic rings. The van der Waals surface area contributed by atoms with Crippen molar-refractivity contribution in [2.75, 3.05) is 0 Å². The maximum absolute atomic E-state index is 12.2. The van der Waals surface area contributed by atoms with Gasteiger partial charge in [-0.15, -0.1) is 0 Å². The van der Waals surface area contributed by atoms with Gasteiger partial charge in [-0.1, -0.05) is 38.1 Å². The molecule has 1 aromatic carbocycles. The number of hydrogen-bond donors (Lipinski definition) is 3. The summed E-state index contributed by atoms with van der Waals surface area (Å²) in [5.74, 6) is -3.19. The van der Waals surface area contributed by atoms with Crippen molar-refractivity contribution in [2.45, 2.75) is 45.6 Å². The molecule has 2 atom stereocenters. The van der Waals surface area contributed by atoms with Crippen molar-refractivity contribution in [3.05, 3.63) is 41.5 Å². The number of nitrogens with two attached hydrogens (primary N) is 1. The first-order valence-corrected chi connectivity index (χ1v) is 9.70. The lowest BCUT2D eigenvalue weighted by atomic mass is 9.98. The third-order valence-electron chi connectivity index (χ3n) is 4.36. The first-order chi connectivity index (χ1) is 15.0. The lowest BCUT2D eigenvalue weighted by molar-refractivity contribution is -0.191. The Hall–Kier alpha value is -3.91. The molecule has 0 aliphatic carbocycles. The molecule has 10 nitrogen and oxygen atoms in total. The van der Waals surface area contributed by atoms with Gasteiger partial charge in [0.15, 0.2) is 11.6 Å². The molecule has 1 unspecified atom stereocenters. The van der Waals surface area contributed by atoms with Crippen LogP contribution in [-0.2, 0) is 28.8 Å². The summed E-state index contributed by atoms with van der Waals surface area (Å²) < 4.78 is 0. The van der Waals surface area contributed by atoms with Crippen LogP contribution in [0.4, 0.5) is 0 Å². The summed E-state index contributed by atoms with van der Waals surface area (Å²) in [6.07, 6.45) is 2.87. The van der Waals surface area contributed by atoms with Gasteiger partial charge in [0.1, 0.15) is 0 Å². The molecule has 0 aliphatic heterocycles. The van der Waals surface area contributed by atoms with Crippen LogP contribution in [0.5, 0.6) is 0 Å². The van der Waals surface area contributed by atoms with Crippen molar-refractivity contribution < 1.29 is 38.7 Å². The number of amides is 2. The Labute approximate surface area is 184 Å². The quantitative estimate of drug-likeness (QED) is 0.316. The summed E-state index contributed by atoms with van der Waals surface area (Å²) in [5.41, 5.74) is 6.20. The zero-order valence-electron chi connectivity index (χ0n) is 17.8. The van der Waals surface area contributed by atoms with Crippen LogP contribution in [0, 0.1) is 5.92 Å². The van der Waals surface area contributed by atoms with Crippen LogP contribution in [0.15, 0.2) is 30.3 Å². The highest BCUT2D eigenvalue weighted by atomic mass is 16.4. The van der Waals surface area contributed by atoms with E-state index in [1.165, 1.54) is 6.08 Å². The molecule has 1 rings (SSSR count). The molecular formula is C22H26N2O8. The van der Waals surface area contributed by atoms with E-state index in [1.54, 1.807) is 38.1 Å². The second-order valence-electron chi connectivity index (χ2n) is 6.80. The van der Waals surface area contributed by atoms with Gasteiger partial charge in [0.05, 0.1) is 6.04 Å². The summed E-state index contributed by atoms with van der Waals surface area (Å²) in [7, 11) is 0. The Morgan fingerprint density at radius 3 is 2.12 bits per heavy atom. The molecule has 0 bridgehead atoms. The van der Waals surface area contributed by atoms with Gasteiger partial charge in [-0.25, -0.2) is 4.79 Å². The average molecular weight is 446 g/mol. The molecule has 0 aromatic heterocycles. The monoisotopic (exact) mass is 446 g/mol. The number of hydrogen-bond acceptors (Lipinski definition) is 7. The van der Waals surface area contributed by atoms with Crippen LogP contribution in [0.25, 0.3) is 6.08 Å². The number of rotatable bonds is 12. The number of carboxylic acid groups (broad SMARTS) is 1. The second-order valence-corrected chi connectivity index (χ2v) is 6.80. The maximum atomic E-state index is 12.2. The third kappa shape index (κ3) is 11.3. The van der Waals surface area contributed by atoms with Crippen LogP contribution in [0.3, 0.4) is 0 Å². The molecule has 2 amide bonds. The van der Waals surface area contributed by atoms with Crippen molar-refractivity contribution in [2.24, 2.45) is 11.7 Å². The minimum absolute atomic E-state index is 0.0293. The largest absolute Gasteiger partial charge is 0.478 e. The van der Waals surface area contributed by atoms with Gasteiger partial charge in [-0.05, 0) is 18.1 Å². The third-order valence-corrected chi connectivity index (χ3v) is 4.36. The fourth-order valence-corrected chi connectivity index (χ4v) is 2.54. The van der Waals surface area contributed by atoms with Gasteiger partial charge in [0.25, 0.3) is 0 Å². The summed E-state index contributed by atoms with van der Waals surface area (Å²) in [4.78, 5) is 74.3. The van der Waals surface area contributed by atoms with E-state index in [0.717, 1.165) is 6.08 Å². The molecule has 4 N–H and O–H groups in total. The van der Waals surface area contributed by atoms with Crippen LogP contribution in [0.2, 0.25) is 0 Å². The van der Waals surface area contributed by atoms with Crippen LogP contribution < -0.4 is 11.1 Å². The zero-order chi connectivity index (χ0) is 24.7. The van der Waals surface area contributed by atoms with Gasteiger partial charge in [0, 0.05) is 36.8 Å². The number of primary amides is 1. The first-order valence-electron chi connectivity index (χ1n) is 9.70. The summed E-state index contributed by atoms with van der Waals surface area (Å²) in [6.45, 7) is 3.29. The second kappa shape index (κ2) is 15.0. The molecule has 172 valence electrons. The fraction of sp³-hybridized carbons (Fsp3) is 0.364. The highest BCUT2D eigenvalue weighted by molar-refractivity contribution is 5.99. The van der Waals surface area contributed by atoms with Crippen LogP contribution in [0.1, 0.15) is 55.5 Å². The molecule has 0 spiro atoms. The van der Waals surface area contributed by atoms with E-state index < -0.39 is 29.7 Å². The standard InChI is InChI=1S/C21H26N2O6.CO2/c1-3-16(18(25)12-13(2)21(22)29)23-19(26)10-9-17(24)15-7-4-14(5-8-15)6-11-20(27)28;2-1-3/h4-8,11,13,16H,3,9-10,12H2,1-2H3,(H2,22,29)(H,23,26)(H,27,28);/b11-6+;/t13?,16-;/m0./s1. The van der Waals surface area contributed by atoms with Crippen molar-refractivity contribution >= 4 is 41.6 Å². The number of nitrogens with one attached hydrogen (secondary N) is 1. The minimum atomic E-state index is -1.07. The molecule has 0 saturated carbocycles. The molecule has 0 fully saturated rings. The topological polar surface area (TPSA) is 178 Å². The minimum Gasteiger partial charge on any atom is -0.478 e. The number of benzene rings is 1. The zero-order valence-corrected chi connectivity index (χ0v) is 17.8. The Morgan fingerprint density at radius 2 is 1.66 bits per heavy atom. The highest BCUT2D eigenvalue weighted by Crippen LogP contribution is 2.11. The first kappa shape index (κ1) is 28.1. The number of carboxylic acids is 1. The average Bonchev–Trinajstić information content (AvgIpc) is 2.74. The lowest BCUT2D eigenvalue weighted by Crippen LogP contribution is -2.41. The van der Waals surface area contributed by atoms with Gasteiger partial charge in [0.2, 0.25) is 11.8 Å². The molecule has 0 saturated heterocycles. The number of carbonyl (C=O) groups excluding carboxylic acids is 6. The number of aliphatic carboxylic acids is 1. The lowest BCUT2D eigenvalue weighted by Gasteiger charge is -2.17. The van der Waals surface area contributed by atoms with Crippen LogP contribution >= 0.6 is 0 Å². The SMILES string of the molecule is CC[C@H](NC(=O)CCC(=O)c1ccc(/C=C/C(=O)O)cc1)C(=O)CC(C)C(N)=O.O=C=O. The Kier molecular flexibility index (Phi) is 13.1. The highest BCUT2D eigenvalue weighted by Gasteiger charge is 2.23. The van der Waals surface area contributed by atoms with E-state index in [1.807, 2.05) is 0 Å². The van der Waals surface area contributed by atoms with Crippen molar-refractivity contribution in [3.63, 3.8) is 0 Å². The smallest absolute Gasteiger partial charge is 0.373 e. The van der Waals surface area contributed by atoms with Gasteiger partial charge >= 0.3 is 12.1 Å². The Balaban J connectivity index is 0.00000302. The molecular weight excluding hydrogens is 420 g/mol. The number of ketones is 2. The summed E-state index contributed by atoms with van der Waals surface area (Å²) in [5, 5.41) is 11.2. The van der Waals surface area contributed by atoms with Gasteiger partial charge in [-0.3, -0.25) is 19.2 Å². The predicted octanol–water partition coefficient (Wildman–Crippen LogP) is 1.14. The molecule has 0 radical (unpaired) electrons. The van der Waals surface area contributed by atoms with Crippen LogP contribution in [-0.4, -0.2) is 46.7 Å². The van der Waals surface area contributed by atoms with E-state index in [-0.39, 0.29) is 37.0 Å². The van der Waals surface area contributed by atoms with E-state index in [4.69, 9.17) is 20.4 Å². The molecule has 0 heterocycles. The van der Waals surface area contributed by atoms with E-state index in [0.29, 0.717) is 17.5 Å². The van der Waals surface area contributed by atoms with Crippen molar-refractivity contribution in [1.82, 2.24) is 5.32 Å². The molecule has 10 heteroatoms. The fourth-order valence-electron chi connectivity index (χ4n) is 2.54.